The predicted molar refractivity (Wildman–Crippen MR) is 94.8 cm³/mol. The van der Waals surface area contributed by atoms with Gasteiger partial charge in [-0.1, -0.05) is 6.07 Å². The lowest BCUT2D eigenvalue weighted by molar-refractivity contribution is -0.116. The first-order chi connectivity index (χ1) is 11.7. The maximum atomic E-state index is 12.2. The quantitative estimate of drug-likeness (QED) is 0.568. The normalized spacial score (nSPS) is 10.5. The van der Waals surface area contributed by atoms with E-state index in [2.05, 4.69) is 10.3 Å². The predicted octanol–water partition coefficient (Wildman–Crippen LogP) is 3.79. The van der Waals surface area contributed by atoms with Gasteiger partial charge in [0.15, 0.2) is 0 Å². The summed E-state index contributed by atoms with van der Waals surface area (Å²) in [4.78, 5) is 17.5. The molecule has 120 valence electrons. The molecule has 0 fully saturated rings. The van der Waals surface area contributed by atoms with E-state index in [9.17, 15) is 4.79 Å². The summed E-state index contributed by atoms with van der Waals surface area (Å²) in [5.74, 6) is -0.0408. The van der Waals surface area contributed by atoms with Gasteiger partial charge in [0.2, 0.25) is 5.91 Å². The number of hydrogen-bond donors (Lipinski definition) is 1. The van der Waals surface area contributed by atoms with Crippen molar-refractivity contribution in [3.8, 4) is 5.40 Å². The molecule has 3 rings (SSSR count). The summed E-state index contributed by atoms with van der Waals surface area (Å²) in [6.07, 6.45) is 2.98. The minimum Gasteiger partial charge on any atom is -0.326 e. The van der Waals surface area contributed by atoms with Crippen molar-refractivity contribution in [1.82, 2.24) is 9.38 Å². The molecule has 3 aromatic rings. The number of aromatic nitrogens is 2. The third kappa shape index (κ3) is 3.58. The topological polar surface area (TPSA) is 70.2 Å². The van der Waals surface area contributed by atoms with E-state index in [0.29, 0.717) is 12.8 Å². The molecule has 24 heavy (non-hydrogen) atoms. The SMILES string of the molecule is Cc1nc2ccccn2c1CCC(=O)Nc1ccc(SC#N)cc1. The molecule has 1 amide bonds. The number of thiocyanates is 1. The zero-order chi connectivity index (χ0) is 16.9. The molecule has 0 spiro atoms. The number of amides is 1. The Morgan fingerprint density at radius 2 is 2.08 bits per heavy atom. The first-order valence-corrected chi connectivity index (χ1v) is 8.37. The Morgan fingerprint density at radius 1 is 1.29 bits per heavy atom. The molecular weight excluding hydrogens is 320 g/mol. The number of rotatable bonds is 5. The third-order valence-electron chi connectivity index (χ3n) is 3.72. The zero-order valence-corrected chi connectivity index (χ0v) is 14.0. The van der Waals surface area contributed by atoms with E-state index in [0.717, 1.165) is 39.4 Å². The van der Waals surface area contributed by atoms with E-state index in [1.54, 1.807) is 12.1 Å². The molecule has 2 aromatic heterocycles. The summed E-state index contributed by atoms with van der Waals surface area (Å²) in [6.45, 7) is 1.96. The molecule has 1 N–H and O–H groups in total. The molecule has 2 heterocycles. The molecule has 0 aliphatic carbocycles. The van der Waals surface area contributed by atoms with Gasteiger partial charge in [-0.2, -0.15) is 5.26 Å². The van der Waals surface area contributed by atoms with Crippen LogP contribution in [-0.4, -0.2) is 15.3 Å². The zero-order valence-electron chi connectivity index (χ0n) is 13.2. The Balaban J connectivity index is 1.63. The Labute approximate surface area is 144 Å². The third-order valence-corrected chi connectivity index (χ3v) is 4.32. The minimum atomic E-state index is -0.0408. The number of thioether (sulfide) groups is 1. The van der Waals surface area contributed by atoms with Gasteiger partial charge in [-0.25, -0.2) is 4.98 Å². The van der Waals surface area contributed by atoms with Crippen molar-refractivity contribution in [2.45, 2.75) is 24.7 Å². The van der Waals surface area contributed by atoms with E-state index < -0.39 is 0 Å². The van der Waals surface area contributed by atoms with Gasteiger partial charge in [0.1, 0.15) is 11.0 Å². The molecule has 6 heteroatoms. The Hall–Kier alpha value is -2.78. The second-order valence-electron chi connectivity index (χ2n) is 5.34. The summed E-state index contributed by atoms with van der Waals surface area (Å²) in [7, 11) is 0. The van der Waals surface area contributed by atoms with Crippen molar-refractivity contribution in [1.29, 1.82) is 5.26 Å². The highest BCUT2D eigenvalue weighted by atomic mass is 32.2. The molecule has 0 aliphatic rings. The molecule has 0 saturated heterocycles. The molecule has 1 aromatic carbocycles. The smallest absolute Gasteiger partial charge is 0.224 e. The van der Waals surface area contributed by atoms with E-state index in [1.807, 2.05) is 53.3 Å². The van der Waals surface area contributed by atoms with Crippen molar-refractivity contribution in [3.63, 3.8) is 0 Å². The van der Waals surface area contributed by atoms with E-state index in [4.69, 9.17) is 5.26 Å². The van der Waals surface area contributed by atoms with Crippen molar-refractivity contribution in [2.75, 3.05) is 5.32 Å². The van der Waals surface area contributed by atoms with Crippen LogP contribution in [0.5, 0.6) is 0 Å². The molecule has 0 aliphatic heterocycles. The Morgan fingerprint density at radius 3 is 2.83 bits per heavy atom. The van der Waals surface area contributed by atoms with Gasteiger partial charge in [-0.05, 0) is 61.5 Å². The van der Waals surface area contributed by atoms with E-state index in [-0.39, 0.29) is 5.91 Å². The maximum absolute atomic E-state index is 12.2. The van der Waals surface area contributed by atoms with Crippen LogP contribution in [0.2, 0.25) is 0 Å². The number of pyridine rings is 1. The highest BCUT2D eigenvalue weighted by molar-refractivity contribution is 8.03. The van der Waals surface area contributed by atoms with Crippen molar-refractivity contribution in [2.24, 2.45) is 0 Å². The van der Waals surface area contributed by atoms with Crippen LogP contribution >= 0.6 is 11.8 Å². The van der Waals surface area contributed by atoms with Crippen LogP contribution in [0.3, 0.4) is 0 Å². The van der Waals surface area contributed by atoms with Crippen molar-refractivity contribution in [3.05, 3.63) is 60.0 Å². The lowest BCUT2D eigenvalue weighted by Crippen LogP contribution is -2.13. The van der Waals surface area contributed by atoms with Crippen LogP contribution in [0, 0.1) is 17.6 Å². The first-order valence-electron chi connectivity index (χ1n) is 7.56. The second-order valence-corrected chi connectivity index (χ2v) is 6.20. The molecular formula is C18H16N4OS. The number of carbonyl (C=O) groups excluding carboxylic acids is 1. The summed E-state index contributed by atoms with van der Waals surface area (Å²) in [6, 6.07) is 13.1. The number of nitrogens with zero attached hydrogens (tertiary/aromatic N) is 3. The number of nitrogens with one attached hydrogen (secondary N) is 1. The van der Waals surface area contributed by atoms with Gasteiger partial charge >= 0.3 is 0 Å². The lowest BCUT2D eigenvalue weighted by atomic mass is 10.2. The summed E-state index contributed by atoms with van der Waals surface area (Å²) in [5.41, 5.74) is 3.64. The molecule has 5 nitrogen and oxygen atoms in total. The monoisotopic (exact) mass is 336 g/mol. The van der Waals surface area contributed by atoms with Crippen molar-refractivity contribution < 1.29 is 4.79 Å². The van der Waals surface area contributed by atoms with Gasteiger partial charge in [-0.15, -0.1) is 0 Å². The highest BCUT2D eigenvalue weighted by Gasteiger charge is 2.10. The average molecular weight is 336 g/mol. The molecule has 0 unspecified atom stereocenters. The van der Waals surface area contributed by atoms with Gasteiger partial charge in [0, 0.05) is 28.9 Å². The number of benzene rings is 1. The van der Waals surface area contributed by atoms with Crippen molar-refractivity contribution >= 4 is 29.0 Å². The number of nitriles is 1. The minimum absolute atomic E-state index is 0.0408. The maximum Gasteiger partial charge on any atom is 0.224 e. The number of aryl methyl sites for hydroxylation is 2. The summed E-state index contributed by atoms with van der Waals surface area (Å²) in [5, 5.41) is 13.5. The van der Waals surface area contributed by atoms with Crippen LogP contribution in [-0.2, 0) is 11.2 Å². The van der Waals surface area contributed by atoms with Gasteiger partial charge in [0.05, 0.1) is 5.69 Å². The van der Waals surface area contributed by atoms with E-state index >= 15 is 0 Å². The molecule has 0 atom stereocenters. The second kappa shape index (κ2) is 7.20. The van der Waals surface area contributed by atoms with Crippen LogP contribution < -0.4 is 5.32 Å². The number of carbonyl (C=O) groups is 1. The summed E-state index contributed by atoms with van der Waals surface area (Å²) >= 11 is 1.10. The largest absolute Gasteiger partial charge is 0.326 e. The number of hydrogen-bond acceptors (Lipinski definition) is 4. The van der Waals surface area contributed by atoms with Gasteiger partial charge in [-0.3, -0.25) is 4.79 Å². The Bertz CT molecular complexity index is 909. The average Bonchev–Trinajstić information content (AvgIpc) is 2.90. The van der Waals surface area contributed by atoms with Crippen LogP contribution in [0.25, 0.3) is 5.65 Å². The number of imidazole rings is 1. The molecule has 0 saturated carbocycles. The van der Waals surface area contributed by atoms with Gasteiger partial charge < -0.3 is 9.72 Å². The fourth-order valence-corrected chi connectivity index (χ4v) is 2.96. The fraction of sp³-hybridized carbons (Fsp3) is 0.167. The van der Waals surface area contributed by atoms with Crippen LogP contribution in [0.4, 0.5) is 5.69 Å². The van der Waals surface area contributed by atoms with Crippen LogP contribution in [0.1, 0.15) is 17.8 Å². The first kappa shape index (κ1) is 16.1. The Kier molecular flexibility index (Phi) is 4.82. The van der Waals surface area contributed by atoms with E-state index in [1.165, 1.54) is 0 Å². The highest BCUT2D eigenvalue weighted by Crippen LogP contribution is 2.19. The summed E-state index contributed by atoms with van der Waals surface area (Å²) < 4.78 is 2.02. The van der Waals surface area contributed by atoms with Crippen LogP contribution in [0.15, 0.2) is 53.6 Å². The number of fused-ring (bicyclic) bond motifs is 1. The number of anilines is 1. The fourth-order valence-electron chi connectivity index (χ4n) is 2.58. The molecule has 0 radical (unpaired) electrons. The molecule has 0 bridgehead atoms. The standard InChI is InChI=1S/C18H16N4OS/c1-13-16(22-11-3-2-4-17(22)20-13)9-10-18(23)21-14-5-7-15(8-6-14)24-12-19/h2-8,11H,9-10H2,1H3,(H,21,23). The lowest BCUT2D eigenvalue weighted by Gasteiger charge is -2.06. The van der Waals surface area contributed by atoms with Gasteiger partial charge in [0.25, 0.3) is 0 Å².